The Bertz CT molecular complexity index is 498. The molecule has 0 radical (unpaired) electrons. The molecule has 0 spiro atoms. The predicted molar refractivity (Wildman–Crippen MR) is 83.9 cm³/mol. The molecule has 8 heteroatoms. The number of likely N-dealkylation sites (N-methyl/N-ethyl adjacent to an activating group) is 1. The normalized spacial score (nSPS) is 12.8. The van der Waals surface area contributed by atoms with E-state index in [4.69, 9.17) is 11.6 Å². The maximum Gasteiger partial charge on any atom is 0.332 e. The topological polar surface area (TPSA) is 84.2 Å². The van der Waals surface area contributed by atoms with Crippen LogP contribution in [0.3, 0.4) is 0 Å². The molecule has 7 nitrogen and oxygen atoms in total. The van der Waals surface area contributed by atoms with Crippen molar-refractivity contribution in [2.75, 3.05) is 26.0 Å². The van der Waals surface area contributed by atoms with Crippen LogP contribution in [-0.2, 0) is 0 Å². The highest BCUT2D eigenvalue weighted by Crippen LogP contribution is 2.27. The number of rotatable bonds is 7. The fourth-order valence-electron chi connectivity index (χ4n) is 2.23. The third-order valence-corrected chi connectivity index (χ3v) is 3.06. The van der Waals surface area contributed by atoms with Gasteiger partial charge in [0.15, 0.2) is 0 Å². The largest absolute Gasteiger partial charge is 0.360 e. The average Bonchev–Trinajstić information content (AvgIpc) is 2.24. The van der Waals surface area contributed by atoms with Gasteiger partial charge in [-0.15, -0.1) is 0 Å². The van der Waals surface area contributed by atoms with Gasteiger partial charge >= 0.3 is 5.69 Å². The van der Waals surface area contributed by atoms with E-state index in [2.05, 4.69) is 29.1 Å². The second-order valence-electron chi connectivity index (χ2n) is 5.77. The number of nitrogens with one attached hydrogen (secondary N) is 1. The molecule has 1 aromatic rings. The van der Waals surface area contributed by atoms with Gasteiger partial charge in [0, 0.05) is 12.6 Å². The molecule has 0 aliphatic heterocycles. The van der Waals surface area contributed by atoms with Crippen molar-refractivity contribution in [1.82, 2.24) is 14.9 Å². The second-order valence-corrected chi connectivity index (χ2v) is 6.10. The molecular weight excluding hydrogens is 294 g/mol. The Kier molecular flexibility index (Phi) is 6.29. The molecule has 1 N–H and O–H groups in total. The van der Waals surface area contributed by atoms with Crippen molar-refractivity contribution >= 4 is 23.1 Å². The van der Waals surface area contributed by atoms with Crippen molar-refractivity contribution in [3.63, 3.8) is 0 Å². The third kappa shape index (κ3) is 5.43. The Balaban J connectivity index is 3.09. The van der Waals surface area contributed by atoms with E-state index in [1.165, 1.54) is 0 Å². The van der Waals surface area contributed by atoms with Crippen LogP contribution in [-0.4, -0.2) is 46.5 Å². The highest BCUT2D eigenvalue weighted by Gasteiger charge is 2.24. The molecule has 0 amide bonds. The average molecular weight is 316 g/mol. The summed E-state index contributed by atoms with van der Waals surface area (Å²) < 4.78 is 0. The Morgan fingerprint density at radius 1 is 1.38 bits per heavy atom. The first kappa shape index (κ1) is 17.6. The van der Waals surface area contributed by atoms with E-state index in [-0.39, 0.29) is 28.5 Å². The Morgan fingerprint density at radius 3 is 2.48 bits per heavy atom. The molecule has 1 rings (SSSR count). The summed E-state index contributed by atoms with van der Waals surface area (Å²) in [4.78, 5) is 20.6. The second kappa shape index (κ2) is 7.51. The number of aryl methyl sites for hydroxylation is 1. The van der Waals surface area contributed by atoms with Crippen LogP contribution in [0, 0.1) is 23.0 Å². The molecule has 0 saturated carbocycles. The maximum atomic E-state index is 11.2. The molecule has 1 unspecified atom stereocenters. The van der Waals surface area contributed by atoms with Crippen LogP contribution in [0.25, 0.3) is 0 Å². The molecule has 0 saturated heterocycles. The summed E-state index contributed by atoms with van der Waals surface area (Å²) in [6, 6.07) is 0.0454. The zero-order valence-corrected chi connectivity index (χ0v) is 13.8. The van der Waals surface area contributed by atoms with Gasteiger partial charge in [0.25, 0.3) is 0 Å². The highest BCUT2D eigenvalue weighted by molar-refractivity contribution is 6.28. The van der Waals surface area contributed by atoms with Crippen LogP contribution in [0.15, 0.2) is 0 Å². The molecule has 118 valence electrons. The summed E-state index contributed by atoms with van der Waals surface area (Å²) in [6.45, 7) is 6.52. The lowest BCUT2D eigenvalue weighted by atomic mass is 10.0. The van der Waals surface area contributed by atoms with E-state index in [9.17, 15) is 10.1 Å². The summed E-state index contributed by atoms with van der Waals surface area (Å²) in [5, 5.41) is 14.4. The van der Waals surface area contributed by atoms with Crippen molar-refractivity contribution in [1.29, 1.82) is 0 Å². The molecule has 0 aromatic carbocycles. The standard InChI is InChI=1S/C13H22ClN5O2/c1-8(2)6-10(7-18(4)5)16-12-11(19(20)21)9(3)15-13(14)17-12/h8,10H,6-7H2,1-5H3,(H,15,16,17). The monoisotopic (exact) mass is 315 g/mol. The number of aromatic nitrogens is 2. The van der Waals surface area contributed by atoms with Crippen molar-refractivity contribution < 1.29 is 4.92 Å². The molecule has 0 fully saturated rings. The molecule has 21 heavy (non-hydrogen) atoms. The molecular formula is C13H22ClN5O2. The number of hydrogen-bond acceptors (Lipinski definition) is 6. The first-order valence-corrected chi connectivity index (χ1v) is 7.18. The third-order valence-electron chi connectivity index (χ3n) is 2.90. The number of hydrogen-bond donors (Lipinski definition) is 1. The van der Waals surface area contributed by atoms with E-state index in [0.717, 1.165) is 13.0 Å². The molecule has 1 atom stereocenters. The summed E-state index contributed by atoms with van der Waals surface area (Å²) in [5.41, 5.74) is 0.141. The highest BCUT2D eigenvalue weighted by atomic mass is 35.5. The fraction of sp³-hybridized carbons (Fsp3) is 0.692. The smallest absolute Gasteiger partial charge is 0.332 e. The van der Waals surface area contributed by atoms with Crippen molar-refractivity contribution in [2.45, 2.75) is 33.2 Å². The van der Waals surface area contributed by atoms with Gasteiger partial charge in [0.2, 0.25) is 11.1 Å². The zero-order chi connectivity index (χ0) is 16.2. The molecule has 1 heterocycles. The van der Waals surface area contributed by atoms with Crippen LogP contribution in [0.4, 0.5) is 11.5 Å². The van der Waals surface area contributed by atoms with Gasteiger partial charge < -0.3 is 10.2 Å². The summed E-state index contributed by atoms with van der Waals surface area (Å²) in [7, 11) is 3.92. The van der Waals surface area contributed by atoms with Crippen LogP contribution in [0.1, 0.15) is 26.0 Å². The van der Waals surface area contributed by atoms with Gasteiger partial charge in [-0.25, -0.2) is 4.98 Å². The van der Waals surface area contributed by atoms with E-state index in [0.29, 0.717) is 5.92 Å². The van der Waals surface area contributed by atoms with E-state index in [1.54, 1.807) is 6.92 Å². The van der Waals surface area contributed by atoms with Gasteiger partial charge in [-0.2, -0.15) is 4.98 Å². The number of nitrogens with zero attached hydrogens (tertiary/aromatic N) is 4. The van der Waals surface area contributed by atoms with E-state index < -0.39 is 4.92 Å². The van der Waals surface area contributed by atoms with Crippen molar-refractivity contribution in [3.05, 3.63) is 21.1 Å². The number of anilines is 1. The SMILES string of the molecule is Cc1nc(Cl)nc(NC(CC(C)C)CN(C)C)c1[N+](=O)[O-]. The minimum Gasteiger partial charge on any atom is -0.360 e. The van der Waals surface area contributed by atoms with Gasteiger partial charge in [-0.05, 0) is 45.0 Å². The lowest BCUT2D eigenvalue weighted by Crippen LogP contribution is -2.34. The number of nitro groups is 1. The summed E-state index contributed by atoms with van der Waals surface area (Å²) >= 11 is 5.83. The Hall–Kier alpha value is -1.47. The van der Waals surface area contributed by atoms with E-state index >= 15 is 0 Å². The van der Waals surface area contributed by atoms with Crippen LogP contribution in [0.5, 0.6) is 0 Å². The van der Waals surface area contributed by atoms with Gasteiger partial charge in [0.1, 0.15) is 5.69 Å². The predicted octanol–water partition coefficient (Wildman–Crippen LogP) is 2.73. The molecule has 0 bridgehead atoms. The summed E-state index contributed by atoms with van der Waals surface area (Å²) in [5.74, 6) is 0.643. The van der Waals surface area contributed by atoms with Gasteiger partial charge in [0.05, 0.1) is 4.92 Å². The van der Waals surface area contributed by atoms with Crippen LogP contribution in [0.2, 0.25) is 5.28 Å². The van der Waals surface area contributed by atoms with Gasteiger partial charge in [-0.1, -0.05) is 13.8 Å². The fourth-order valence-corrected chi connectivity index (χ4v) is 2.45. The quantitative estimate of drug-likeness (QED) is 0.473. The maximum absolute atomic E-state index is 11.2. The molecule has 1 aromatic heterocycles. The summed E-state index contributed by atoms with van der Waals surface area (Å²) in [6.07, 6.45) is 0.871. The lowest BCUT2D eigenvalue weighted by molar-refractivity contribution is -0.385. The molecule has 0 aliphatic rings. The zero-order valence-electron chi connectivity index (χ0n) is 13.1. The minimum absolute atomic E-state index is 0.00810. The minimum atomic E-state index is -0.476. The number of halogens is 1. The molecule has 0 aliphatic carbocycles. The van der Waals surface area contributed by atoms with Crippen LogP contribution >= 0.6 is 11.6 Å². The Labute approximate surface area is 129 Å². The first-order valence-electron chi connectivity index (χ1n) is 6.80. The van der Waals surface area contributed by atoms with Crippen molar-refractivity contribution in [2.24, 2.45) is 5.92 Å². The lowest BCUT2D eigenvalue weighted by Gasteiger charge is -2.24. The van der Waals surface area contributed by atoms with E-state index in [1.807, 2.05) is 19.0 Å². The van der Waals surface area contributed by atoms with Crippen LogP contribution < -0.4 is 5.32 Å². The van der Waals surface area contributed by atoms with Gasteiger partial charge in [-0.3, -0.25) is 10.1 Å². The van der Waals surface area contributed by atoms with Crippen molar-refractivity contribution in [3.8, 4) is 0 Å². The Morgan fingerprint density at radius 2 is 2.00 bits per heavy atom. The first-order chi connectivity index (χ1) is 9.70.